The van der Waals surface area contributed by atoms with Crippen LogP contribution in [0, 0.1) is 0 Å². The van der Waals surface area contributed by atoms with E-state index in [0.29, 0.717) is 20.6 Å². The number of amides is 1. The van der Waals surface area contributed by atoms with Crippen molar-refractivity contribution in [1.82, 2.24) is 15.3 Å². The lowest BCUT2D eigenvalue weighted by Gasteiger charge is -2.03. The number of thiocarbonyl (C=S) groups is 1. The molecule has 1 fully saturated rings. The van der Waals surface area contributed by atoms with Gasteiger partial charge in [-0.2, -0.15) is 0 Å². The van der Waals surface area contributed by atoms with Gasteiger partial charge in [0.25, 0.3) is 5.91 Å². The highest BCUT2D eigenvalue weighted by molar-refractivity contribution is 8.26. The van der Waals surface area contributed by atoms with Gasteiger partial charge in [-0.3, -0.25) is 9.78 Å². The van der Waals surface area contributed by atoms with Gasteiger partial charge in [0.15, 0.2) is 0 Å². The summed E-state index contributed by atoms with van der Waals surface area (Å²) in [4.78, 5) is 20.4. The molecule has 0 aromatic carbocycles. The lowest BCUT2D eigenvalue weighted by atomic mass is 10.1. The highest BCUT2D eigenvalue weighted by Crippen LogP contribution is 2.34. The monoisotopic (exact) mass is 407 g/mol. The predicted octanol–water partition coefficient (Wildman–Crippen LogP) is 4.69. The Labute approximate surface area is 161 Å². The molecule has 0 aliphatic carbocycles. The normalized spacial score (nSPS) is 16.0. The molecule has 1 amide bonds. The number of aromatic nitrogens is 2. The van der Waals surface area contributed by atoms with Gasteiger partial charge in [-0.1, -0.05) is 47.2 Å². The van der Waals surface area contributed by atoms with Crippen molar-refractivity contribution in [2.75, 3.05) is 0 Å². The van der Waals surface area contributed by atoms with Gasteiger partial charge in [-0.25, -0.2) is 4.98 Å². The van der Waals surface area contributed by atoms with Crippen molar-refractivity contribution in [2.45, 2.75) is 0 Å². The fourth-order valence-corrected chi connectivity index (χ4v) is 3.91. The molecular weight excluding hydrogens is 401 g/mol. The maximum Gasteiger partial charge on any atom is 0.263 e. The predicted molar refractivity (Wildman–Crippen MR) is 104 cm³/mol. The summed E-state index contributed by atoms with van der Waals surface area (Å²) in [5, 5.41) is 3.92. The minimum absolute atomic E-state index is 0.235. The molecule has 25 heavy (non-hydrogen) atoms. The molecular formula is C16H7Cl2N3O2S2. The van der Waals surface area contributed by atoms with E-state index in [1.165, 1.54) is 11.8 Å². The number of nitrogens with zero attached hydrogens (tertiary/aromatic N) is 2. The Kier molecular flexibility index (Phi) is 4.24. The van der Waals surface area contributed by atoms with Crippen LogP contribution in [0.3, 0.4) is 0 Å². The molecule has 4 heterocycles. The van der Waals surface area contributed by atoms with Gasteiger partial charge >= 0.3 is 0 Å². The van der Waals surface area contributed by atoms with Crippen LogP contribution in [0.2, 0.25) is 10.3 Å². The largest absolute Gasteiger partial charge is 0.456 e. The minimum Gasteiger partial charge on any atom is -0.456 e. The second-order valence-electron chi connectivity index (χ2n) is 5.11. The van der Waals surface area contributed by atoms with Crippen LogP contribution in [0.25, 0.3) is 28.2 Å². The summed E-state index contributed by atoms with van der Waals surface area (Å²) in [6.07, 6.45) is 4.99. The number of carbonyl (C=O) groups is 1. The van der Waals surface area contributed by atoms with E-state index >= 15 is 0 Å². The summed E-state index contributed by atoms with van der Waals surface area (Å²) in [5.74, 6) is 0.291. The summed E-state index contributed by atoms with van der Waals surface area (Å²) in [6, 6.07) is 5.17. The summed E-state index contributed by atoms with van der Waals surface area (Å²) >= 11 is 18.1. The summed E-state index contributed by atoms with van der Waals surface area (Å²) < 4.78 is 6.35. The Balaban J connectivity index is 1.83. The molecule has 0 radical (unpaired) electrons. The van der Waals surface area contributed by atoms with E-state index in [2.05, 4.69) is 15.3 Å². The number of furan rings is 1. The summed E-state index contributed by atoms with van der Waals surface area (Å²) in [7, 11) is 0. The summed E-state index contributed by atoms with van der Waals surface area (Å²) in [6.45, 7) is 0. The van der Waals surface area contributed by atoms with Crippen LogP contribution in [-0.2, 0) is 4.79 Å². The van der Waals surface area contributed by atoms with Crippen molar-refractivity contribution in [3.63, 3.8) is 0 Å². The molecule has 3 aromatic rings. The lowest BCUT2D eigenvalue weighted by Crippen LogP contribution is -2.17. The first-order valence-electron chi connectivity index (χ1n) is 6.95. The van der Waals surface area contributed by atoms with Gasteiger partial charge < -0.3 is 9.73 Å². The maximum absolute atomic E-state index is 11.8. The molecule has 3 aromatic heterocycles. The van der Waals surface area contributed by atoms with E-state index in [9.17, 15) is 4.79 Å². The Morgan fingerprint density at radius 1 is 1.20 bits per heavy atom. The lowest BCUT2D eigenvalue weighted by molar-refractivity contribution is -0.115. The zero-order valence-corrected chi connectivity index (χ0v) is 15.4. The molecule has 5 nitrogen and oxygen atoms in total. The van der Waals surface area contributed by atoms with Crippen LogP contribution in [-0.4, -0.2) is 20.2 Å². The average molecular weight is 408 g/mol. The Morgan fingerprint density at radius 2 is 1.96 bits per heavy atom. The van der Waals surface area contributed by atoms with Crippen molar-refractivity contribution in [1.29, 1.82) is 0 Å². The summed E-state index contributed by atoms with van der Waals surface area (Å²) in [5.41, 5.74) is 2.09. The Bertz CT molecular complexity index is 1060. The van der Waals surface area contributed by atoms with Crippen LogP contribution in [0.1, 0.15) is 5.76 Å². The molecule has 1 aliphatic heterocycles. The topological polar surface area (TPSA) is 68.0 Å². The molecule has 9 heteroatoms. The number of nitrogens with one attached hydrogen (secondary N) is 1. The first-order chi connectivity index (χ1) is 12.0. The molecule has 1 N–H and O–H groups in total. The average Bonchev–Trinajstić information content (AvgIpc) is 3.08. The SMILES string of the molecule is O=C1NC(=S)SC1=Cc1cc2cncc(-c3cc(Cl)nc(Cl)c3)c2o1. The highest BCUT2D eigenvalue weighted by atomic mass is 35.5. The molecule has 1 saturated heterocycles. The third-order valence-corrected chi connectivity index (χ3v) is 4.98. The van der Waals surface area contributed by atoms with Crippen molar-refractivity contribution in [3.05, 3.63) is 51.6 Å². The van der Waals surface area contributed by atoms with Crippen molar-refractivity contribution in [3.8, 4) is 11.1 Å². The molecule has 4 rings (SSSR count). The van der Waals surface area contributed by atoms with Crippen molar-refractivity contribution in [2.24, 2.45) is 0 Å². The molecule has 0 saturated carbocycles. The quantitative estimate of drug-likeness (QED) is 0.377. The Hall–Kier alpha value is -1.93. The van der Waals surface area contributed by atoms with Crippen LogP contribution in [0.4, 0.5) is 0 Å². The second kappa shape index (κ2) is 6.42. The van der Waals surface area contributed by atoms with E-state index in [1.54, 1.807) is 36.7 Å². The molecule has 0 bridgehead atoms. The molecule has 1 aliphatic rings. The number of halogens is 2. The van der Waals surface area contributed by atoms with Gasteiger partial charge in [0.05, 0.1) is 4.91 Å². The second-order valence-corrected chi connectivity index (χ2v) is 7.60. The highest BCUT2D eigenvalue weighted by Gasteiger charge is 2.23. The molecule has 124 valence electrons. The number of thioether (sulfide) groups is 1. The van der Waals surface area contributed by atoms with E-state index in [-0.39, 0.29) is 16.2 Å². The van der Waals surface area contributed by atoms with Gasteiger partial charge in [0, 0.05) is 29.4 Å². The molecule has 0 unspecified atom stereocenters. The fraction of sp³-hybridized carbons (Fsp3) is 0. The van der Waals surface area contributed by atoms with E-state index in [1.807, 2.05) is 0 Å². The number of hydrogen-bond acceptors (Lipinski definition) is 6. The first-order valence-corrected chi connectivity index (χ1v) is 8.93. The smallest absolute Gasteiger partial charge is 0.263 e. The van der Waals surface area contributed by atoms with Crippen LogP contribution < -0.4 is 5.32 Å². The Morgan fingerprint density at radius 3 is 2.64 bits per heavy atom. The van der Waals surface area contributed by atoms with Crippen LogP contribution in [0.15, 0.2) is 39.9 Å². The zero-order valence-electron chi connectivity index (χ0n) is 12.2. The molecule has 0 atom stereocenters. The van der Waals surface area contributed by atoms with E-state index < -0.39 is 0 Å². The first kappa shape index (κ1) is 16.5. The van der Waals surface area contributed by atoms with Crippen LogP contribution in [0.5, 0.6) is 0 Å². The third kappa shape index (κ3) is 3.28. The van der Waals surface area contributed by atoms with Crippen LogP contribution >= 0.6 is 47.2 Å². The number of carbonyl (C=O) groups excluding carboxylic acids is 1. The minimum atomic E-state index is -0.235. The standard InChI is InChI=1S/C16H7Cl2N3O2S2/c17-12-2-7(3-13(18)20-12)10-6-19-5-8-1-9(23-14(8)10)4-11-15(22)21-16(24)25-11/h1-6H,(H,21,22,24). The van der Waals surface area contributed by atoms with E-state index in [0.717, 1.165) is 16.5 Å². The van der Waals surface area contributed by atoms with Crippen molar-refractivity contribution < 1.29 is 9.21 Å². The number of fused-ring (bicyclic) bond motifs is 1. The fourth-order valence-electron chi connectivity index (χ4n) is 2.43. The number of pyridine rings is 2. The zero-order chi connectivity index (χ0) is 17.6. The number of rotatable bonds is 2. The van der Waals surface area contributed by atoms with Gasteiger partial charge in [0.1, 0.15) is 26.0 Å². The van der Waals surface area contributed by atoms with Gasteiger partial charge in [-0.05, 0) is 23.8 Å². The van der Waals surface area contributed by atoms with Crippen molar-refractivity contribution >= 4 is 74.5 Å². The van der Waals surface area contributed by atoms with Gasteiger partial charge in [-0.15, -0.1) is 0 Å². The number of hydrogen-bond donors (Lipinski definition) is 1. The third-order valence-electron chi connectivity index (χ3n) is 3.43. The van der Waals surface area contributed by atoms with E-state index in [4.69, 9.17) is 39.8 Å². The van der Waals surface area contributed by atoms with Gasteiger partial charge in [0.2, 0.25) is 0 Å². The molecule has 0 spiro atoms. The maximum atomic E-state index is 11.8.